The predicted molar refractivity (Wildman–Crippen MR) is 107 cm³/mol. The number of methoxy groups -OCH3 is 3. The first-order valence-corrected chi connectivity index (χ1v) is 9.07. The van der Waals surface area contributed by atoms with E-state index >= 15 is 0 Å². The standard InChI is InChI=1S/C22H23NO6/c1-27-12-11-23-19(14-7-9-16(28-2)10-8-14)18(21(25)22(23)26)20(24)15-5-4-6-17(13-15)29-3/h4-10,13,19,24H,11-12H2,1-3H3. The molecule has 1 heterocycles. The second-order valence-corrected chi connectivity index (χ2v) is 6.49. The van der Waals surface area contributed by atoms with Crippen LogP contribution in [0.2, 0.25) is 0 Å². The summed E-state index contributed by atoms with van der Waals surface area (Å²) in [5.41, 5.74) is 1.11. The number of amides is 1. The van der Waals surface area contributed by atoms with Gasteiger partial charge in [0.2, 0.25) is 0 Å². The molecule has 1 aliphatic heterocycles. The SMILES string of the molecule is COCCN1C(=O)C(=O)C(=C(O)c2cccc(OC)c2)C1c1ccc(OC)cc1. The van der Waals surface area contributed by atoms with Crippen molar-refractivity contribution in [2.75, 3.05) is 34.5 Å². The van der Waals surface area contributed by atoms with E-state index in [2.05, 4.69) is 0 Å². The van der Waals surface area contributed by atoms with E-state index in [1.165, 1.54) is 19.1 Å². The molecule has 2 aromatic carbocycles. The number of rotatable bonds is 7. The Morgan fingerprint density at radius 3 is 2.31 bits per heavy atom. The molecule has 152 valence electrons. The maximum Gasteiger partial charge on any atom is 0.295 e. The number of Topliss-reactive ketones (excluding diaryl/α,β-unsaturated/α-hetero) is 1. The lowest BCUT2D eigenvalue weighted by molar-refractivity contribution is -0.140. The highest BCUT2D eigenvalue weighted by molar-refractivity contribution is 6.46. The van der Waals surface area contributed by atoms with Crippen LogP contribution in [0.15, 0.2) is 54.1 Å². The molecule has 0 spiro atoms. The van der Waals surface area contributed by atoms with Gasteiger partial charge in [-0.05, 0) is 29.8 Å². The summed E-state index contributed by atoms with van der Waals surface area (Å²) in [7, 11) is 4.60. The van der Waals surface area contributed by atoms with Crippen molar-refractivity contribution in [1.82, 2.24) is 4.90 Å². The summed E-state index contributed by atoms with van der Waals surface area (Å²) in [6.07, 6.45) is 0. The molecule has 1 atom stereocenters. The van der Waals surface area contributed by atoms with Crippen LogP contribution in [0.4, 0.5) is 0 Å². The average molecular weight is 397 g/mol. The smallest absolute Gasteiger partial charge is 0.295 e. The summed E-state index contributed by atoms with van der Waals surface area (Å²) in [5, 5.41) is 11.0. The van der Waals surface area contributed by atoms with Crippen LogP contribution in [0.1, 0.15) is 17.2 Å². The fourth-order valence-corrected chi connectivity index (χ4v) is 3.36. The Balaban J connectivity index is 2.14. The molecule has 2 aromatic rings. The Morgan fingerprint density at radius 2 is 1.69 bits per heavy atom. The first-order valence-electron chi connectivity index (χ1n) is 9.07. The van der Waals surface area contributed by atoms with Crippen LogP contribution in [0.25, 0.3) is 5.76 Å². The third-order valence-corrected chi connectivity index (χ3v) is 4.85. The van der Waals surface area contributed by atoms with Gasteiger partial charge < -0.3 is 24.2 Å². The Labute approximate surface area is 169 Å². The van der Waals surface area contributed by atoms with Crippen LogP contribution < -0.4 is 9.47 Å². The number of likely N-dealkylation sites (tertiary alicyclic amines) is 1. The molecule has 3 rings (SSSR count). The van der Waals surface area contributed by atoms with Crippen molar-refractivity contribution in [2.45, 2.75) is 6.04 Å². The van der Waals surface area contributed by atoms with E-state index in [9.17, 15) is 14.7 Å². The highest BCUT2D eigenvalue weighted by Gasteiger charge is 2.45. The van der Waals surface area contributed by atoms with Crippen molar-refractivity contribution in [3.63, 3.8) is 0 Å². The van der Waals surface area contributed by atoms with E-state index in [1.54, 1.807) is 55.6 Å². The Bertz CT molecular complexity index is 935. The lowest BCUT2D eigenvalue weighted by atomic mass is 9.95. The summed E-state index contributed by atoms with van der Waals surface area (Å²) in [6, 6.07) is 13.0. The number of carbonyl (C=O) groups excluding carboxylic acids is 2. The van der Waals surface area contributed by atoms with Crippen LogP contribution in [-0.4, -0.2) is 56.2 Å². The summed E-state index contributed by atoms with van der Waals surface area (Å²) in [6.45, 7) is 0.478. The summed E-state index contributed by atoms with van der Waals surface area (Å²) < 4.78 is 15.5. The van der Waals surface area contributed by atoms with Crippen LogP contribution in [-0.2, 0) is 14.3 Å². The zero-order valence-electron chi connectivity index (χ0n) is 16.5. The fraction of sp³-hybridized carbons (Fsp3) is 0.273. The summed E-state index contributed by atoms with van der Waals surface area (Å²) in [5.74, 6) is -0.475. The van der Waals surface area contributed by atoms with Gasteiger partial charge in [0.05, 0.1) is 32.4 Å². The zero-order chi connectivity index (χ0) is 21.0. The zero-order valence-corrected chi connectivity index (χ0v) is 16.5. The number of hydrogen-bond donors (Lipinski definition) is 1. The molecule has 1 aliphatic rings. The van der Waals surface area contributed by atoms with Gasteiger partial charge in [0.15, 0.2) is 0 Å². The molecule has 0 saturated carbocycles. The number of ketones is 1. The van der Waals surface area contributed by atoms with Crippen LogP contribution in [0, 0.1) is 0 Å². The van der Waals surface area contributed by atoms with Crippen molar-refractivity contribution in [2.24, 2.45) is 0 Å². The van der Waals surface area contributed by atoms with E-state index < -0.39 is 17.7 Å². The van der Waals surface area contributed by atoms with Gasteiger partial charge in [0.1, 0.15) is 17.3 Å². The minimum Gasteiger partial charge on any atom is -0.507 e. The van der Waals surface area contributed by atoms with Crippen molar-refractivity contribution in [1.29, 1.82) is 0 Å². The molecule has 0 radical (unpaired) electrons. The Hall–Kier alpha value is -3.32. The van der Waals surface area contributed by atoms with Crippen LogP contribution in [0.5, 0.6) is 11.5 Å². The number of hydrogen-bond acceptors (Lipinski definition) is 6. The van der Waals surface area contributed by atoms with Crippen LogP contribution in [0.3, 0.4) is 0 Å². The number of ether oxygens (including phenoxy) is 3. The second kappa shape index (κ2) is 8.79. The normalized spacial score (nSPS) is 18.2. The molecule has 0 aliphatic carbocycles. The minimum absolute atomic E-state index is 0.0320. The first kappa shape index (κ1) is 20.4. The molecule has 1 fully saturated rings. The van der Waals surface area contributed by atoms with Gasteiger partial charge in [0, 0.05) is 19.2 Å². The molecule has 7 nitrogen and oxygen atoms in total. The van der Waals surface area contributed by atoms with Gasteiger partial charge in [-0.3, -0.25) is 9.59 Å². The third-order valence-electron chi connectivity index (χ3n) is 4.85. The topological polar surface area (TPSA) is 85.3 Å². The molecule has 0 bridgehead atoms. The van der Waals surface area contributed by atoms with E-state index in [1.807, 2.05) is 0 Å². The van der Waals surface area contributed by atoms with E-state index in [0.29, 0.717) is 22.6 Å². The monoisotopic (exact) mass is 397 g/mol. The van der Waals surface area contributed by atoms with Gasteiger partial charge in [0.25, 0.3) is 11.7 Å². The quantitative estimate of drug-likeness (QED) is 0.439. The molecule has 1 N–H and O–H groups in total. The third kappa shape index (κ3) is 3.95. The largest absolute Gasteiger partial charge is 0.507 e. The van der Waals surface area contributed by atoms with E-state index in [-0.39, 0.29) is 24.5 Å². The molecule has 1 saturated heterocycles. The Morgan fingerprint density at radius 1 is 1.00 bits per heavy atom. The van der Waals surface area contributed by atoms with Crippen molar-refractivity contribution < 1.29 is 28.9 Å². The highest BCUT2D eigenvalue weighted by atomic mass is 16.5. The molecular weight excluding hydrogens is 374 g/mol. The van der Waals surface area contributed by atoms with Crippen LogP contribution >= 0.6 is 0 Å². The number of carbonyl (C=O) groups is 2. The van der Waals surface area contributed by atoms with Gasteiger partial charge in [-0.1, -0.05) is 24.3 Å². The van der Waals surface area contributed by atoms with Crippen molar-refractivity contribution in [3.8, 4) is 11.5 Å². The number of aliphatic hydroxyl groups is 1. The number of benzene rings is 2. The Kier molecular flexibility index (Phi) is 6.19. The van der Waals surface area contributed by atoms with Gasteiger partial charge in [-0.15, -0.1) is 0 Å². The molecule has 0 aromatic heterocycles. The fourth-order valence-electron chi connectivity index (χ4n) is 3.36. The van der Waals surface area contributed by atoms with E-state index in [0.717, 1.165) is 0 Å². The molecular formula is C22H23NO6. The molecule has 1 unspecified atom stereocenters. The van der Waals surface area contributed by atoms with E-state index in [4.69, 9.17) is 14.2 Å². The molecule has 29 heavy (non-hydrogen) atoms. The highest BCUT2D eigenvalue weighted by Crippen LogP contribution is 2.39. The summed E-state index contributed by atoms with van der Waals surface area (Å²) in [4.78, 5) is 27.0. The van der Waals surface area contributed by atoms with Crippen molar-refractivity contribution >= 4 is 17.4 Å². The minimum atomic E-state index is -0.734. The van der Waals surface area contributed by atoms with Crippen molar-refractivity contribution in [3.05, 3.63) is 65.2 Å². The lowest BCUT2D eigenvalue weighted by Crippen LogP contribution is -2.32. The average Bonchev–Trinajstić information content (AvgIpc) is 3.02. The van der Waals surface area contributed by atoms with Gasteiger partial charge >= 0.3 is 0 Å². The first-order chi connectivity index (χ1) is 14.0. The molecule has 1 amide bonds. The second-order valence-electron chi connectivity index (χ2n) is 6.49. The summed E-state index contributed by atoms with van der Waals surface area (Å²) >= 11 is 0. The maximum atomic E-state index is 12.8. The number of aliphatic hydroxyl groups excluding tert-OH is 1. The van der Waals surface area contributed by atoms with Gasteiger partial charge in [-0.25, -0.2) is 0 Å². The molecule has 7 heteroatoms. The van der Waals surface area contributed by atoms with Gasteiger partial charge in [-0.2, -0.15) is 0 Å². The predicted octanol–water partition coefficient (Wildman–Crippen LogP) is 2.77. The lowest BCUT2D eigenvalue weighted by Gasteiger charge is -2.25. The number of nitrogens with zero attached hydrogens (tertiary/aromatic N) is 1. The maximum absolute atomic E-state index is 12.8.